The first-order valence-electron chi connectivity index (χ1n) is 24.6. The molecule has 0 aromatic rings. The number of rotatable bonds is 7. The first-order valence-corrected chi connectivity index (χ1v) is 29.0. The van der Waals surface area contributed by atoms with Crippen molar-refractivity contribution in [3.05, 3.63) is 0 Å². The van der Waals surface area contributed by atoms with Gasteiger partial charge in [-0.1, -0.05) is 0 Å². The van der Waals surface area contributed by atoms with Crippen LogP contribution in [0, 0.1) is 0 Å². The molecule has 0 amide bonds. The van der Waals surface area contributed by atoms with E-state index >= 15 is 0 Å². The van der Waals surface area contributed by atoms with E-state index in [1.807, 2.05) is 0 Å². The molecule has 0 radical (unpaired) electrons. The summed E-state index contributed by atoms with van der Waals surface area (Å²) in [7, 11) is 0. The predicted molar refractivity (Wildman–Crippen MR) is 276 cm³/mol. The van der Waals surface area contributed by atoms with Crippen LogP contribution in [0.5, 0.6) is 0 Å². The SMILES string of the molecule is O[C@@H]1[C@@H](O)[C@H]2O[C@H]3[C@@H](O)[C@@H](O)[C@@H](O[C@H]4[C@@H](O)[C@@H](O)[C@@H](O[C@H]5[C@@H](O)[C@@H](O)[C@@H](O[C@H]6[C@@H](O)[C@@H](O)C(O[C@H]7[C@@H](O)[C@@H](O)C(O[C@H]8[C@@H](O)[C@@H](O)C(O[C@@H]1[C@@H](CS)O2)O[C@H]8CS)O[C@H]7CS)O[C@H]6CS)O[C@H]5CS)O[C@H]4CS)O[C@H]3CS. The third-order valence-electron chi connectivity index (χ3n) is 14.8. The fourth-order valence-corrected chi connectivity index (χ4v) is 12.5. The number of ether oxygens (including phenoxy) is 14. The molecule has 448 valence electrons. The molecule has 35 heteroatoms. The fourth-order valence-electron chi connectivity index (χ4n) is 10.4. The number of hydrogen-bond donors (Lipinski definition) is 21. The molecule has 21 aliphatic heterocycles. The van der Waals surface area contributed by atoms with Crippen molar-refractivity contribution < 1.29 is 138 Å². The molecule has 14 N–H and O–H groups in total. The number of aliphatic hydroxyl groups excluding tert-OH is 14. The highest BCUT2D eigenvalue weighted by Crippen LogP contribution is 2.39. The van der Waals surface area contributed by atoms with Gasteiger partial charge in [0.25, 0.3) is 0 Å². The molecule has 14 bridgehead atoms. The Morgan fingerprint density at radius 3 is 0.364 bits per heavy atom. The Balaban J connectivity index is 1.08. The van der Waals surface area contributed by atoms with Crippen LogP contribution in [0.1, 0.15) is 0 Å². The van der Waals surface area contributed by atoms with E-state index in [9.17, 15) is 71.5 Å². The van der Waals surface area contributed by atoms with Gasteiger partial charge in [0.1, 0.15) is 128 Å². The van der Waals surface area contributed by atoms with Gasteiger partial charge in [0, 0.05) is 40.3 Å². The Morgan fingerprint density at radius 1 is 0.169 bits per heavy atom. The maximum absolute atomic E-state index is 11.5. The summed E-state index contributed by atoms with van der Waals surface area (Å²) in [5, 5.41) is 160. The summed E-state index contributed by atoms with van der Waals surface area (Å²) >= 11 is 30.2. The van der Waals surface area contributed by atoms with Crippen molar-refractivity contribution in [1.29, 1.82) is 0 Å². The van der Waals surface area contributed by atoms with E-state index in [1.165, 1.54) is 0 Å². The highest BCUT2D eigenvalue weighted by Gasteiger charge is 2.59. The van der Waals surface area contributed by atoms with E-state index in [0.29, 0.717) is 0 Å². The van der Waals surface area contributed by atoms with Gasteiger partial charge in [-0.3, -0.25) is 0 Å². The second-order valence-electron chi connectivity index (χ2n) is 19.7. The third-order valence-corrected chi connectivity index (χ3v) is 17.3. The largest absolute Gasteiger partial charge is 0.387 e. The van der Waals surface area contributed by atoms with E-state index < -0.39 is 215 Å². The minimum Gasteiger partial charge on any atom is -0.387 e. The molecule has 3 unspecified atom stereocenters. The van der Waals surface area contributed by atoms with Crippen LogP contribution >= 0.6 is 88.4 Å². The summed E-state index contributed by atoms with van der Waals surface area (Å²) in [5.41, 5.74) is 0. The van der Waals surface area contributed by atoms with Crippen molar-refractivity contribution in [2.75, 3.05) is 40.3 Å². The monoisotopic (exact) mass is 1250 g/mol. The van der Waals surface area contributed by atoms with Gasteiger partial charge in [-0.05, 0) is 0 Å². The molecular weight excluding hydrogens is 1180 g/mol. The first-order chi connectivity index (χ1) is 36.7. The molecule has 0 aromatic carbocycles. The Morgan fingerprint density at radius 2 is 0.273 bits per heavy atom. The van der Waals surface area contributed by atoms with E-state index in [1.54, 1.807) is 0 Å². The van der Waals surface area contributed by atoms with Crippen LogP contribution in [0.3, 0.4) is 0 Å². The van der Waals surface area contributed by atoms with Crippen LogP contribution < -0.4 is 0 Å². The minimum atomic E-state index is -1.99. The zero-order valence-electron chi connectivity index (χ0n) is 40.3. The Hall–Kier alpha value is 1.33. The van der Waals surface area contributed by atoms with Crippen LogP contribution in [0.15, 0.2) is 0 Å². The lowest BCUT2D eigenvalue weighted by Gasteiger charge is -2.50. The quantitative estimate of drug-likeness (QED) is 0.105. The molecular formula is C42H70O28S7. The van der Waals surface area contributed by atoms with Crippen molar-refractivity contribution in [2.24, 2.45) is 0 Å². The Labute approximate surface area is 478 Å². The maximum atomic E-state index is 11.5. The zero-order chi connectivity index (χ0) is 56.1. The average Bonchev–Trinajstić information content (AvgIpc) is 3.45. The summed E-state index contributed by atoms with van der Waals surface area (Å²) in [6, 6.07) is 0. The first kappa shape index (κ1) is 64.3. The zero-order valence-corrected chi connectivity index (χ0v) is 46.5. The van der Waals surface area contributed by atoms with Crippen molar-refractivity contribution in [3.8, 4) is 0 Å². The molecule has 28 nitrogen and oxygen atoms in total. The summed E-state index contributed by atoms with van der Waals surface area (Å²) in [6.45, 7) is 0. The molecule has 77 heavy (non-hydrogen) atoms. The van der Waals surface area contributed by atoms with Gasteiger partial charge >= 0.3 is 0 Å². The van der Waals surface area contributed by atoms with Crippen LogP contribution in [0.25, 0.3) is 0 Å². The predicted octanol–water partition coefficient (Wildman–Crippen LogP) is -8.67. The summed E-state index contributed by atoms with van der Waals surface area (Å²) < 4.78 is 83.5. The van der Waals surface area contributed by atoms with E-state index in [2.05, 4.69) is 88.4 Å². The van der Waals surface area contributed by atoms with Gasteiger partial charge < -0.3 is 138 Å². The van der Waals surface area contributed by atoms with Crippen LogP contribution in [-0.4, -0.2) is 327 Å². The maximum Gasteiger partial charge on any atom is 0.187 e. The van der Waals surface area contributed by atoms with Gasteiger partial charge in [0.15, 0.2) is 44.0 Å². The van der Waals surface area contributed by atoms with Gasteiger partial charge in [0.2, 0.25) is 0 Å². The average molecular weight is 1250 g/mol. The second-order valence-corrected chi connectivity index (χ2v) is 22.2. The normalized spacial score (nSPS) is 55.4. The lowest BCUT2D eigenvalue weighted by Crippen LogP contribution is -2.68. The van der Waals surface area contributed by atoms with Gasteiger partial charge in [-0.15, -0.1) is 0 Å². The van der Waals surface area contributed by atoms with Gasteiger partial charge in [-0.2, -0.15) is 88.4 Å². The van der Waals surface area contributed by atoms with Crippen LogP contribution in [-0.2, 0) is 66.3 Å². The van der Waals surface area contributed by atoms with Crippen LogP contribution in [0.2, 0.25) is 0 Å². The summed E-state index contributed by atoms with van der Waals surface area (Å²) in [5.74, 6) is -1.68. The minimum absolute atomic E-state index is 0.240. The van der Waals surface area contributed by atoms with E-state index in [-0.39, 0.29) is 40.3 Å². The fraction of sp³-hybridized carbons (Fsp3) is 1.00. The standard InChI is InChI=1S/C42H70O28S7/c43-15-22(50)36-57-8(1-71)29(15)64-37-23(51)16(44)31(10(3-73)58-37)66-39-25(53)18(46)33(12(5-75)60-39)68-41-27(55)20(48)35(14(7-77)62-41)70-42-28(56)21(49)34(13(6-76)63-42)69-40-26(54)19(47)32(11(4-74)61-40)67-38-24(52)17(45)30(65-36)9(2-72)59-38/h8-56,71-77H,1-7H2/t8-,9-,10-,11-,12-,13-,14+,15-,16-,17-,18-,19-,20+,21-,22+,23+,24+,25+,26+,27+,28+,29+,30+,31+,32+,33+,34+,35+,36+,37+,38?,39+,40?,41+,42?/m0/s1. The molecule has 0 saturated carbocycles. The molecule has 0 spiro atoms. The van der Waals surface area contributed by atoms with Crippen molar-refractivity contribution in [2.45, 2.75) is 215 Å². The highest BCUT2D eigenvalue weighted by molar-refractivity contribution is 7.81. The molecule has 35 atom stereocenters. The van der Waals surface area contributed by atoms with Crippen molar-refractivity contribution >= 4 is 88.4 Å². The molecule has 0 aromatic heterocycles. The van der Waals surface area contributed by atoms with Crippen LogP contribution in [0.4, 0.5) is 0 Å². The smallest absolute Gasteiger partial charge is 0.187 e. The van der Waals surface area contributed by atoms with Gasteiger partial charge in [-0.25, -0.2) is 0 Å². The van der Waals surface area contributed by atoms with E-state index in [0.717, 1.165) is 0 Å². The van der Waals surface area contributed by atoms with Gasteiger partial charge in [0.05, 0.1) is 42.7 Å². The molecule has 21 heterocycles. The summed E-state index contributed by atoms with van der Waals surface area (Å²) in [4.78, 5) is 0. The molecule has 21 aliphatic rings. The number of hydrogen-bond acceptors (Lipinski definition) is 35. The molecule has 21 rings (SSSR count). The Bertz CT molecular complexity index is 1490. The second kappa shape index (κ2) is 27.8. The highest BCUT2D eigenvalue weighted by atomic mass is 32.1. The van der Waals surface area contributed by atoms with Crippen molar-refractivity contribution in [1.82, 2.24) is 0 Å². The number of thiol groups is 7. The molecule has 21 fully saturated rings. The lowest BCUT2D eigenvalue weighted by atomic mass is 9.95. The number of aliphatic hydroxyl groups is 14. The lowest BCUT2D eigenvalue weighted by molar-refractivity contribution is -0.389. The summed E-state index contributed by atoms with van der Waals surface area (Å²) in [6.07, 6.45) is -59.8. The molecule has 21 saturated heterocycles. The topological polar surface area (TPSA) is 412 Å². The van der Waals surface area contributed by atoms with Crippen molar-refractivity contribution in [3.63, 3.8) is 0 Å². The van der Waals surface area contributed by atoms with E-state index in [4.69, 9.17) is 66.3 Å². The third kappa shape index (κ3) is 13.1. The Kier molecular flexibility index (Phi) is 23.2. The molecule has 0 aliphatic carbocycles.